The van der Waals surface area contributed by atoms with Crippen LogP contribution in [-0.4, -0.2) is 75.5 Å². The summed E-state index contributed by atoms with van der Waals surface area (Å²) in [5.74, 6) is -1.79. The number of ether oxygens (including phenoxy) is 2. The number of barbiturate groups is 1. The molecule has 28 heavy (non-hydrogen) atoms. The summed E-state index contributed by atoms with van der Waals surface area (Å²) in [7, 11) is 1.53. The fourth-order valence-corrected chi connectivity index (χ4v) is 3.09. The largest absolute Gasteiger partial charge is 0.497 e. The molecule has 2 aliphatic heterocycles. The highest BCUT2D eigenvalue weighted by Crippen LogP contribution is 2.23. The zero-order chi connectivity index (χ0) is 19.9. The first kappa shape index (κ1) is 20.0. The summed E-state index contributed by atoms with van der Waals surface area (Å²) in [6.45, 7) is 4.70. The van der Waals surface area contributed by atoms with Crippen LogP contribution in [0.25, 0.3) is 0 Å². The molecule has 150 valence electrons. The molecule has 0 saturated carbocycles. The number of carbonyl (C=O) groups is 3. The van der Waals surface area contributed by atoms with E-state index < -0.39 is 23.8 Å². The first-order valence-corrected chi connectivity index (χ1v) is 9.23. The molecule has 1 atom stereocenters. The molecular weight excluding hydrogens is 364 g/mol. The van der Waals surface area contributed by atoms with Crippen LogP contribution < -0.4 is 15.0 Å². The molecule has 0 aliphatic carbocycles. The molecule has 1 aromatic carbocycles. The minimum Gasteiger partial charge on any atom is -0.497 e. The van der Waals surface area contributed by atoms with Crippen molar-refractivity contribution in [2.45, 2.75) is 6.42 Å². The second-order valence-electron chi connectivity index (χ2n) is 6.51. The number of urea groups is 1. The number of benzene rings is 1. The molecule has 1 N–H and O–H groups in total. The van der Waals surface area contributed by atoms with Crippen molar-refractivity contribution in [3.05, 3.63) is 24.3 Å². The van der Waals surface area contributed by atoms with Gasteiger partial charge < -0.3 is 9.47 Å². The van der Waals surface area contributed by atoms with Crippen LogP contribution in [-0.2, 0) is 14.3 Å². The molecule has 4 amide bonds. The van der Waals surface area contributed by atoms with Gasteiger partial charge in [-0.05, 0) is 30.7 Å². The summed E-state index contributed by atoms with van der Waals surface area (Å²) in [4.78, 5) is 44.4. The monoisotopic (exact) mass is 388 g/mol. The van der Waals surface area contributed by atoms with Gasteiger partial charge in [-0.2, -0.15) is 0 Å². The van der Waals surface area contributed by atoms with Crippen molar-refractivity contribution >= 4 is 29.7 Å². The molecular formula is C19H24N4O5. The number of imide groups is 2. The number of morpholine rings is 1. The van der Waals surface area contributed by atoms with E-state index in [-0.39, 0.29) is 0 Å². The van der Waals surface area contributed by atoms with Crippen LogP contribution >= 0.6 is 0 Å². The number of carbonyl (C=O) groups excluding carboxylic acids is 3. The fraction of sp³-hybridized carbons (Fsp3) is 0.474. The lowest BCUT2D eigenvalue weighted by Crippen LogP contribution is -2.58. The summed E-state index contributed by atoms with van der Waals surface area (Å²) in [6.07, 6.45) is 2.15. The Morgan fingerprint density at radius 1 is 1.21 bits per heavy atom. The molecule has 2 aliphatic rings. The van der Waals surface area contributed by atoms with E-state index in [1.165, 1.54) is 13.3 Å². The van der Waals surface area contributed by atoms with E-state index in [0.717, 1.165) is 44.2 Å². The molecule has 9 heteroatoms. The second kappa shape index (κ2) is 9.43. The topological polar surface area (TPSA) is 101 Å². The summed E-state index contributed by atoms with van der Waals surface area (Å²) >= 11 is 0. The molecule has 2 fully saturated rings. The van der Waals surface area contributed by atoms with Gasteiger partial charge in [-0.3, -0.25) is 24.8 Å². The SMILES string of the molecule is COc1ccc(N2C(=O)NC(=O)[C@H](C=NCCCN3CCOCC3)C2=O)cc1. The van der Waals surface area contributed by atoms with Crippen molar-refractivity contribution in [3.8, 4) is 5.75 Å². The van der Waals surface area contributed by atoms with Crippen molar-refractivity contribution in [2.75, 3.05) is 51.4 Å². The number of nitrogens with one attached hydrogen (secondary N) is 1. The zero-order valence-corrected chi connectivity index (χ0v) is 15.8. The highest BCUT2D eigenvalue weighted by atomic mass is 16.5. The van der Waals surface area contributed by atoms with Gasteiger partial charge >= 0.3 is 6.03 Å². The predicted molar refractivity (Wildman–Crippen MR) is 103 cm³/mol. The first-order chi connectivity index (χ1) is 13.6. The van der Waals surface area contributed by atoms with Crippen molar-refractivity contribution in [1.29, 1.82) is 0 Å². The number of rotatable bonds is 7. The third-order valence-corrected chi connectivity index (χ3v) is 4.65. The number of aliphatic imine (C=N–C) groups is 1. The van der Waals surface area contributed by atoms with Crippen LogP contribution in [0.5, 0.6) is 5.75 Å². The number of nitrogens with zero attached hydrogens (tertiary/aromatic N) is 3. The highest BCUT2D eigenvalue weighted by Gasteiger charge is 2.40. The Morgan fingerprint density at radius 2 is 1.93 bits per heavy atom. The standard InChI is InChI=1S/C19H24N4O5/c1-27-15-5-3-14(4-6-15)23-18(25)16(17(24)21-19(23)26)13-20-7-2-8-22-9-11-28-12-10-22/h3-6,13,16H,2,7-12H2,1H3,(H,21,24,26)/t16-/m0/s1. The minimum atomic E-state index is -1.12. The van der Waals surface area contributed by atoms with Gasteiger partial charge in [0, 0.05) is 32.4 Å². The molecule has 2 saturated heterocycles. The lowest BCUT2D eigenvalue weighted by Gasteiger charge is -2.28. The van der Waals surface area contributed by atoms with Gasteiger partial charge in [0.1, 0.15) is 5.75 Å². The smallest absolute Gasteiger partial charge is 0.335 e. The number of hydrogen-bond donors (Lipinski definition) is 1. The second-order valence-corrected chi connectivity index (χ2v) is 6.51. The van der Waals surface area contributed by atoms with Crippen molar-refractivity contribution in [1.82, 2.24) is 10.2 Å². The van der Waals surface area contributed by atoms with E-state index in [2.05, 4.69) is 15.2 Å². The molecule has 9 nitrogen and oxygen atoms in total. The van der Waals surface area contributed by atoms with Gasteiger partial charge in [-0.15, -0.1) is 0 Å². The third-order valence-electron chi connectivity index (χ3n) is 4.65. The van der Waals surface area contributed by atoms with Crippen molar-refractivity contribution < 1.29 is 23.9 Å². The number of anilines is 1. The summed E-state index contributed by atoms with van der Waals surface area (Å²) in [6, 6.07) is 5.69. The van der Waals surface area contributed by atoms with E-state index >= 15 is 0 Å². The Bertz CT molecular complexity index is 743. The molecule has 0 bridgehead atoms. The molecule has 3 rings (SSSR count). The number of methoxy groups -OCH3 is 1. The molecule has 0 spiro atoms. The Balaban J connectivity index is 1.59. The van der Waals surface area contributed by atoms with E-state index in [9.17, 15) is 14.4 Å². The first-order valence-electron chi connectivity index (χ1n) is 9.23. The summed E-state index contributed by atoms with van der Waals surface area (Å²) in [5, 5.41) is 2.21. The maximum Gasteiger partial charge on any atom is 0.335 e. The van der Waals surface area contributed by atoms with Gasteiger partial charge in [-0.1, -0.05) is 0 Å². The lowest BCUT2D eigenvalue weighted by molar-refractivity contribution is -0.131. The Morgan fingerprint density at radius 3 is 2.61 bits per heavy atom. The number of amides is 4. The fourth-order valence-electron chi connectivity index (χ4n) is 3.09. The number of hydrogen-bond acceptors (Lipinski definition) is 7. The summed E-state index contributed by atoms with van der Waals surface area (Å²) in [5.41, 5.74) is 0.363. The molecule has 0 aromatic heterocycles. The van der Waals surface area contributed by atoms with Crippen LogP contribution in [0.2, 0.25) is 0 Å². The van der Waals surface area contributed by atoms with Gasteiger partial charge in [0.2, 0.25) is 5.91 Å². The van der Waals surface area contributed by atoms with Crippen LogP contribution in [0.15, 0.2) is 29.3 Å². The van der Waals surface area contributed by atoms with Crippen LogP contribution in [0, 0.1) is 5.92 Å². The lowest BCUT2D eigenvalue weighted by atomic mass is 10.1. The van der Waals surface area contributed by atoms with E-state index in [0.29, 0.717) is 18.0 Å². The zero-order valence-electron chi connectivity index (χ0n) is 15.8. The maximum absolute atomic E-state index is 12.7. The Kier molecular flexibility index (Phi) is 6.72. The Hall–Kier alpha value is -2.78. The van der Waals surface area contributed by atoms with E-state index in [4.69, 9.17) is 9.47 Å². The van der Waals surface area contributed by atoms with Crippen molar-refractivity contribution in [2.24, 2.45) is 10.9 Å². The van der Waals surface area contributed by atoms with Gasteiger partial charge in [0.15, 0.2) is 5.92 Å². The average Bonchev–Trinajstić information content (AvgIpc) is 2.71. The Labute approximate surface area is 163 Å². The van der Waals surface area contributed by atoms with Crippen LogP contribution in [0.1, 0.15) is 6.42 Å². The van der Waals surface area contributed by atoms with E-state index in [1.807, 2.05) is 0 Å². The van der Waals surface area contributed by atoms with E-state index in [1.54, 1.807) is 24.3 Å². The maximum atomic E-state index is 12.7. The van der Waals surface area contributed by atoms with Gasteiger partial charge in [-0.25, -0.2) is 9.69 Å². The quantitative estimate of drug-likeness (QED) is 0.419. The molecule has 0 radical (unpaired) electrons. The van der Waals surface area contributed by atoms with Crippen molar-refractivity contribution in [3.63, 3.8) is 0 Å². The van der Waals surface area contributed by atoms with Crippen LogP contribution in [0.3, 0.4) is 0 Å². The predicted octanol–water partition coefficient (Wildman–Crippen LogP) is 0.687. The van der Waals surface area contributed by atoms with Gasteiger partial charge in [0.25, 0.3) is 5.91 Å². The molecule has 0 unspecified atom stereocenters. The third kappa shape index (κ3) is 4.73. The van der Waals surface area contributed by atoms with Gasteiger partial charge in [0.05, 0.1) is 26.0 Å². The highest BCUT2D eigenvalue weighted by molar-refractivity contribution is 6.32. The molecule has 2 heterocycles. The van der Waals surface area contributed by atoms with Crippen LogP contribution in [0.4, 0.5) is 10.5 Å². The summed E-state index contributed by atoms with van der Waals surface area (Å²) < 4.78 is 10.4. The minimum absolute atomic E-state index is 0.363. The average molecular weight is 388 g/mol. The normalized spacial score (nSPS) is 21.2. The molecule has 1 aromatic rings.